The number of thiazole rings is 1. The van der Waals surface area contributed by atoms with E-state index in [-0.39, 0.29) is 43.7 Å². The molecule has 1 aromatic heterocycles. The average Bonchev–Trinajstić information content (AvgIpc) is 3.46. The van der Waals surface area contributed by atoms with Crippen molar-refractivity contribution in [2.75, 3.05) is 31.8 Å². The lowest BCUT2D eigenvalue weighted by molar-refractivity contribution is -0.132. The Kier molecular flexibility index (Phi) is 7.43. The number of ketones is 1. The molecule has 1 atom stereocenters. The standard InChI is InChI=1S/C27H23BrN2O9S/c1-4-37-26(35)24-12(2)29-27(40-24)30-20(14-9-15(28)22(32)18(11-14)36-3)19(23(33)25(30)34)21(31)13-5-6-16-17(10-13)39-8-7-38-16/h5-6,9-11,20,31-32H,4,7-8H2,1-3H3/b21-19+. The van der Waals surface area contributed by atoms with Gasteiger partial charge < -0.3 is 29.2 Å². The maximum Gasteiger partial charge on any atom is 0.350 e. The Hall–Kier alpha value is -4.10. The summed E-state index contributed by atoms with van der Waals surface area (Å²) in [5.74, 6) is -2.25. The Balaban J connectivity index is 1.72. The first-order valence-electron chi connectivity index (χ1n) is 12.1. The number of Topliss-reactive ketones (excluding diaryl/α,β-unsaturated/α-hetero) is 1. The van der Waals surface area contributed by atoms with Crippen LogP contribution >= 0.6 is 27.3 Å². The number of aromatic hydroxyl groups is 1. The number of nitrogens with zero attached hydrogens (tertiary/aromatic N) is 2. The summed E-state index contributed by atoms with van der Waals surface area (Å²) in [5, 5.41) is 21.9. The van der Waals surface area contributed by atoms with E-state index < -0.39 is 29.5 Å². The molecule has 13 heteroatoms. The lowest BCUT2D eigenvalue weighted by Crippen LogP contribution is -2.29. The third-order valence-electron chi connectivity index (χ3n) is 6.30. The van der Waals surface area contributed by atoms with E-state index in [0.717, 1.165) is 16.2 Å². The summed E-state index contributed by atoms with van der Waals surface area (Å²) in [6.45, 7) is 4.10. The number of carbonyl (C=O) groups is 3. The summed E-state index contributed by atoms with van der Waals surface area (Å²) >= 11 is 4.17. The monoisotopic (exact) mass is 630 g/mol. The fourth-order valence-electron chi connectivity index (χ4n) is 4.47. The number of phenolic OH excluding ortho intramolecular Hbond substituents is 1. The maximum absolute atomic E-state index is 13.5. The Bertz CT molecular complexity index is 1580. The minimum absolute atomic E-state index is 0.0528. The van der Waals surface area contributed by atoms with Crippen LogP contribution in [0.15, 0.2) is 40.4 Å². The van der Waals surface area contributed by atoms with E-state index in [1.807, 2.05) is 0 Å². The van der Waals surface area contributed by atoms with Crippen molar-refractivity contribution in [1.82, 2.24) is 4.98 Å². The van der Waals surface area contributed by atoms with Gasteiger partial charge in [-0.2, -0.15) is 0 Å². The highest BCUT2D eigenvalue weighted by Gasteiger charge is 2.49. The van der Waals surface area contributed by atoms with E-state index in [9.17, 15) is 24.6 Å². The predicted octanol–water partition coefficient (Wildman–Crippen LogP) is 4.50. The first kappa shape index (κ1) is 27.5. The summed E-state index contributed by atoms with van der Waals surface area (Å²) < 4.78 is 21.8. The number of aromatic nitrogens is 1. The maximum atomic E-state index is 13.5. The predicted molar refractivity (Wildman–Crippen MR) is 147 cm³/mol. The lowest BCUT2D eigenvalue weighted by atomic mass is 9.95. The number of aliphatic hydroxyl groups excluding tert-OH is 1. The number of amides is 1. The van der Waals surface area contributed by atoms with E-state index in [1.165, 1.54) is 25.3 Å². The topological polar surface area (TPSA) is 145 Å². The van der Waals surface area contributed by atoms with Gasteiger partial charge in [0.1, 0.15) is 23.9 Å². The summed E-state index contributed by atoms with van der Waals surface area (Å²) in [5.41, 5.74) is 0.632. The normalized spacial score (nSPS) is 17.7. The molecule has 0 saturated carbocycles. The molecule has 3 aromatic rings. The minimum Gasteiger partial charge on any atom is -0.507 e. The molecule has 0 spiro atoms. The van der Waals surface area contributed by atoms with Gasteiger partial charge in [0.15, 0.2) is 28.1 Å². The fraction of sp³-hybridized carbons (Fsp3) is 0.259. The van der Waals surface area contributed by atoms with Crippen molar-refractivity contribution in [1.29, 1.82) is 0 Å². The van der Waals surface area contributed by atoms with Crippen LogP contribution in [0.25, 0.3) is 5.76 Å². The molecule has 1 fully saturated rings. The zero-order chi connectivity index (χ0) is 28.7. The summed E-state index contributed by atoms with van der Waals surface area (Å²) in [4.78, 5) is 45.3. The molecule has 2 aliphatic heterocycles. The molecule has 1 unspecified atom stereocenters. The van der Waals surface area contributed by atoms with Crippen LogP contribution < -0.4 is 19.1 Å². The van der Waals surface area contributed by atoms with Gasteiger partial charge in [-0.25, -0.2) is 9.78 Å². The third kappa shape index (κ3) is 4.64. The van der Waals surface area contributed by atoms with Gasteiger partial charge in [0.2, 0.25) is 0 Å². The molecule has 1 amide bonds. The SMILES string of the molecule is CCOC(=O)c1sc(N2C(=O)C(=O)/C(=C(/O)c3ccc4c(c3)OCCO4)C2c2cc(Br)c(O)c(OC)c2)nc1C. The zero-order valence-electron chi connectivity index (χ0n) is 21.5. The molecule has 11 nitrogen and oxygen atoms in total. The van der Waals surface area contributed by atoms with E-state index in [4.69, 9.17) is 18.9 Å². The highest BCUT2D eigenvalue weighted by atomic mass is 79.9. The number of aryl methyl sites for hydroxylation is 1. The molecule has 1 saturated heterocycles. The van der Waals surface area contributed by atoms with Crippen LogP contribution in [0, 0.1) is 6.92 Å². The van der Waals surface area contributed by atoms with E-state index in [1.54, 1.807) is 26.0 Å². The summed E-state index contributed by atoms with van der Waals surface area (Å²) in [7, 11) is 1.35. The molecule has 0 bridgehead atoms. The van der Waals surface area contributed by atoms with E-state index in [2.05, 4.69) is 20.9 Å². The van der Waals surface area contributed by atoms with Gasteiger partial charge in [-0.15, -0.1) is 0 Å². The Morgan fingerprint density at radius 1 is 1.20 bits per heavy atom. The fourth-order valence-corrected chi connectivity index (χ4v) is 5.92. The van der Waals surface area contributed by atoms with E-state index >= 15 is 0 Å². The van der Waals surface area contributed by atoms with Crippen LogP contribution in [0.2, 0.25) is 0 Å². The van der Waals surface area contributed by atoms with Crippen molar-refractivity contribution in [2.45, 2.75) is 19.9 Å². The van der Waals surface area contributed by atoms with Crippen molar-refractivity contribution >= 4 is 55.8 Å². The molecular formula is C27H23BrN2O9S. The van der Waals surface area contributed by atoms with E-state index in [0.29, 0.717) is 36.0 Å². The highest BCUT2D eigenvalue weighted by molar-refractivity contribution is 9.10. The van der Waals surface area contributed by atoms with Crippen molar-refractivity contribution in [2.24, 2.45) is 0 Å². The van der Waals surface area contributed by atoms with Gasteiger partial charge in [-0.05, 0) is 65.7 Å². The van der Waals surface area contributed by atoms with Crippen molar-refractivity contribution in [3.8, 4) is 23.0 Å². The van der Waals surface area contributed by atoms with Crippen LogP contribution in [0.5, 0.6) is 23.0 Å². The molecule has 2 N–H and O–H groups in total. The molecule has 0 radical (unpaired) electrons. The Morgan fingerprint density at radius 2 is 1.93 bits per heavy atom. The Labute approximate surface area is 240 Å². The van der Waals surface area contributed by atoms with Gasteiger partial charge in [0.25, 0.3) is 5.78 Å². The van der Waals surface area contributed by atoms with Crippen molar-refractivity contribution in [3.63, 3.8) is 0 Å². The first-order valence-corrected chi connectivity index (χ1v) is 13.7. The number of rotatable bonds is 6. The van der Waals surface area contributed by atoms with Crippen LogP contribution in [0.4, 0.5) is 5.13 Å². The number of ether oxygens (including phenoxy) is 4. The number of aliphatic hydroxyl groups is 1. The first-order chi connectivity index (χ1) is 19.2. The number of benzene rings is 2. The number of methoxy groups -OCH3 is 1. The molecule has 2 aliphatic rings. The number of hydrogen-bond acceptors (Lipinski definition) is 11. The smallest absolute Gasteiger partial charge is 0.350 e. The van der Waals surface area contributed by atoms with Gasteiger partial charge >= 0.3 is 11.9 Å². The van der Waals surface area contributed by atoms with Crippen LogP contribution in [0.1, 0.15) is 39.5 Å². The average molecular weight is 631 g/mol. The third-order valence-corrected chi connectivity index (χ3v) is 8.04. The molecule has 40 heavy (non-hydrogen) atoms. The quantitative estimate of drug-likeness (QED) is 0.173. The summed E-state index contributed by atoms with van der Waals surface area (Å²) in [6, 6.07) is 6.43. The van der Waals surface area contributed by atoms with Crippen LogP contribution in [-0.2, 0) is 14.3 Å². The van der Waals surface area contributed by atoms with Crippen LogP contribution in [-0.4, -0.2) is 59.8 Å². The molecule has 0 aliphatic carbocycles. The number of carbonyl (C=O) groups excluding carboxylic acids is 3. The number of fused-ring (bicyclic) bond motifs is 1. The van der Waals surface area contributed by atoms with Gasteiger partial charge in [0.05, 0.1) is 35.5 Å². The van der Waals surface area contributed by atoms with Crippen LogP contribution in [0.3, 0.4) is 0 Å². The lowest BCUT2D eigenvalue weighted by Gasteiger charge is -2.24. The van der Waals surface area contributed by atoms with Gasteiger partial charge in [-0.3, -0.25) is 14.5 Å². The minimum atomic E-state index is -1.19. The number of phenols is 1. The van der Waals surface area contributed by atoms with Gasteiger partial charge in [0, 0.05) is 5.56 Å². The zero-order valence-corrected chi connectivity index (χ0v) is 23.9. The second-order valence-corrected chi connectivity index (χ2v) is 10.5. The largest absolute Gasteiger partial charge is 0.507 e. The van der Waals surface area contributed by atoms with Gasteiger partial charge in [-0.1, -0.05) is 11.3 Å². The molecule has 2 aromatic carbocycles. The second kappa shape index (κ2) is 10.8. The molecule has 5 rings (SSSR count). The van der Waals surface area contributed by atoms with Crippen molar-refractivity contribution in [3.05, 3.63) is 62.1 Å². The Morgan fingerprint density at radius 3 is 2.62 bits per heavy atom. The number of halogens is 1. The number of esters is 1. The number of anilines is 1. The number of hydrogen-bond donors (Lipinski definition) is 2. The second-order valence-electron chi connectivity index (χ2n) is 8.71. The highest BCUT2D eigenvalue weighted by Crippen LogP contribution is 2.47. The molecule has 3 heterocycles. The summed E-state index contributed by atoms with van der Waals surface area (Å²) in [6.07, 6.45) is 0. The molecule has 208 valence electrons. The molecular weight excluding hydrogens is 608 g/mol. The van der Waals surface area contributed by atoms with Crippen molar-refractivity contribution < 1.29 is 43.5 Å².